The fourth-order valence-corrected chi connectivity index (χ4v) is 4.27. The van der Waals surface area contributed by atoms with Gasteiger partial charge in [0.2, 0.25) is 5.91 Å². The second kappa shape index (κ2) is 7.70. The molecule has 11 heteroatoms. The van der Waals surface area contributed by atoms with Crippen molar-refractivity contribution in [3.8, 4) is 0 Å². The summed E-state index contributed by atoms with van der Waals surface area (Å²) in [7, 11) is 0. The second-order valence-electron chi connectivity index (χ2n) is 4.78. The third kappa shape index (κ3) is 3.52. The second-order valence-corrected chi connectivity index (χ2v) is 6.96. The van der Waals surface area contributed by atoms with Crippen LogP contribution in [0.15, 0.2) is 21.2 Å². The molecule has 0 bridgehead atoms. The number of nitrogens with one attached hydrogen (secondary N) is 1. The van der Waals surface area contributed by atoms with Gasteiger partial charge in [0.25, 0.3) is 5.91 Å². The molecule has 1 fully saturated rings. The highest BCUT2D eigenvalue weighted by Gasteiger charge is 2.55. The van der Waals surface area contributed by atoms with Crippen molar-refractivity contribution >= 4 is 67.4 Å². The summed E-state index contributed by atoms with van der Waals surface area (Å²) in [5.41, 5.74) is -0.0329. The highest BCUT2D eigenvalue weighted by molar-refractivity contribution is 9.11. The molecule has 24 heavy (non-hydrogen) atoms. The molecule has 0 aliphatic carbocycles. The Morgan fingerprint density at radius 1 is 1.46 bits per heavy atom. The molecule has 130 valence electrons. The lowest BCUT2D eigenvalue weighted by Crippen LogP contribution is -2.70. The van der Waals surface area contributed by atoms with Crippen molar-refractivity contribution in [1.82, 2.24) is 10.2 Å². The van der Waals surface area contributed by atoms with Crippen molar-refractivity contribution in [2.75, 3.05) is 11.9 Å². The molecule has 2 rings (SSSR count). The van der Waals surface area contributed by atoms with Gasteiger partial charge in [-0.05, 0) is 4.99 Å². The van der Waals surface area contributed by atoms with E-state index >= 15 is 0 Å². The van der Waals surface area contributed by atoms with E-state index in [4.69, 9.17) is 4.74 Å². The minimum atomic E-state index is -1.31. The van der Waals surface area contributed by atoms with Crippen LogP contribution in [0.5, 0.6) is 0 Å². The number of carbonyl (C=O) groups is 4. The first-order chi connectivity index (χ1) is 11.3. The predicted octanol–water partition coefficient (Wildman–Crippen LogP) is 0.919. The van der Waals surface area contributed by atoms with Crippen molar-refractivity contribution in [3.63, 3.8) is 0 Å². The third-order valence-corrected chi connectivity index (χ3v) is 5.89. The molecule has 0 spiro atoms. The van der Waals surface area contributed by atoms with E-state index in [1.165, 1.54) is 23.7 Å². The van der Waals surface area contributed by atoms with Gasteiger partial charge in [-0.3, -0.25) is 19.3 Å². The van der Waals surface area contributed by atoms with Crippen molar-refractivity contribution in [1.29, 1.82) is 0 Å². The fourth-order valence-electron chi connectivity index (χ4n) is 2.27. The molecule has 1 unspecified atom stereocenters. The number of carboxylic acids is 1. The lowest BCUT2D eigenvalue weighted by atomic mass is 10.0. The molecule has 0 aromatic carbocycles. The van der Waals surface area contributed by atoms with Crippen LogP contribution in [0.25, 0.3) is 0 Å². The lowest BCUT2D eigenvalue weighted by molar-refractivity contribution is -0.150. The van der Waals surface area contributed by atoms with Crippen LogP contribution in [0.2, 0.25) is 0 Å². The summed E-state index contributed by atoms with van der Waals surface area (Å²) < 4.78 is 4.90. The van der Waals surface area contributed by atoms with E-state index in [2.05, 4.69) is 37.2 Å². The number of hydrogen-bond donors (Lipinski definition) is 2. The van der Waals surface area contributed by atoms with Crippen LogP contribution in [-0.4, -0.2) is 57.1 Å². The fraction of sp³-hybridized carbons (Fsp3) is 0.385. The largest absolute Gasteiger partial charge is 0.477 e. The smallest absolute Gasteiger partial charge is 0.353 e. The summed E-state index contributed by atoms with van der Waals surface area (Å²) >= 11 is 7.35. The van der Waals surface area contributed by atoms with Crippen LogP contribution in [-0.2, 0) is 23.9 Å². The number of fused-ring (bicyclic) bond motifs is 1. The maximum atomic E-state index is 12.3. The number of alkyl halides is 1. The van der Waals surface area contributed by atoms with Crippen LogP contribution in [0.4, 0.5) is 0 Å². The Hall–Kier alpha value is -1.33. The zero-order valence-electron chi connectivity index (χ0n) is 12.2. The molecule has 0 aromatic heterocycles. The first-order valence-electron chi connectivity index (χ1n) is 6.57. The van der Waals surface area contributed by atoms with Crippen molar-refractivity contribution in [2.45, 2.75) is 18.3 Å². The Morgan fingerprint density at radius 2 is 2.12 bits per heavy atom. The zero-order valence-corrected chi connectivity index (χ0v) is 16.2. The zero-order chi connectivity index (χ0) is 18.0. The molecule has 8 nitrogen and oxygen atoms in total. The number of rotatable bonds is 5. The molecule has 2 atom stereocenters. The first-order valence-corrected chi connectivity index (χ1v) is 9.49. The molecule has 2 heterocycles. The molecular formula is C13H12Br2N2O6S. The Balaban J connectivity index is 2.37. The van der Waals surface area contributed by atoms with E-state index in [1.807, 2.05) is 0 Å². The van der Waals surface area contributed by atoms with Gasteiger partial charge >= 0.3 is 11.9 Å². The van der Waals surface area contributed by atoms with Gasteiger partial charge in [-0.25, -0.2) is 4.79 Å². The summed E-state index contributed by atoms with van der Waals surface area (Å²) in [5, 5.41) is 11.5. The van der Waals surface area contributed by atoms with Crippen molar-refractivity contribution in [3.05, 3.63) is 21.2 Å². The Morgan fingerprint density at radius 3 is 2.62 bits per heavy atom. The van der Waals surface area contributed by atoms with E-state index in [0.717, 1.165) is 4.90 Å². The number of hydrogen-bond acceptors (Lipinski definition) is 6. The van der Waals surface area contributed by atoms with Crippen LogP contribution in [0.1, 0.15) is 6.92 Å². The highest BCUT2D eigenvalue weighted by atomic mass is 79.9. The Bertz CT molecular complexity index is 677. The molecule has 2 N–H and O–H groups in total. The number of nitrogens with zero attached hydrogens (tertiary/aromatic N) is 1. The van der Waals surface area contributed by atoms with Crippen molar-refractivity contribution in [2.24, 2.45) is 0 Å². The Labute approximate surface area is 157 Å². The number of thioether (sulfide) groups is 1. The quantitative estimate of drug-likeness (QED) is 0.339. The van der Waals surface area contributed by atoms with Gasteiger partial charge in [0, 0.05) is 17.4 Å². The molecular weight excluding hydrogens is 472 g/mol. The number of esters is 1. The van der Waals surface area contributed by atoms with E-state index in [0.29, 0.717) is 4.91 Å². The standard InChI is InChI=1S/C13H12Br2N2O6S/c1-5(18)23-4-6-7(2-14)24-12-9(16-8(19)3-15)11(20)17(12)10(6)13(21)22/h2,9,12H,3-4H2,1H3,(H,16,19)(H,21,22)/t9?,12-/m0/s1. The first kappa shape index (κ1) is 19.0. The van der Waals surface area contributed by atoms with Gasteiger partial charge in [-0.15, -0.1) is 0 Å². The summed E-state index contributed by atoms with van der Waals surface area (Å²) in [6, 6.07) is -0.813. The number of carbonyl (C=O) groups excluding carboxylic acids is 3. The molecule has 2 amide bonds. The van der Waals surface area contributed by atoms with E-state index in [9.17, 15) is 24.3 Å². The maximum Gasteiger partial charge on any atom is 0.353 e. The average molecular weight is 484 g/mol. The summed E-state index contributed by atoms with van der Waals surface area (Å²) in [4.78, 5) is 49.6. The number of amides is 2. The SMILES string of the molecule is CC(=O)OCC1=C(C(=O)O)N2C(=O)C(NC(=O)CBr)[C@@H]2SC1=CBr. The monoisotopic (exact) mass is 482 g/mol. The minimum absolute atomic E-state index is 0.0363. The molecule has 1 saturated heterocycles. The van der Waals surface area contributed by atoms with Crippen LogP contribution < -0.4 is 5.32 Å². The molecule has 2 aliphatic rings. The van der Waals surface area contributed by atoms with E-state index < -0.39 is 29.3 Å². The Kier molecular flexibility index (Phi) is 6.10. The third-order valence-electron chi connectivity index (χ3n) is 3.27. The summed E-state index contributed by atoms with van der Waals surface area (Å²) in [5.74, 6) is -2.77. The number of carboxylic acid groups (broad SMARTS) is 1. The van der Waals surface area contributed by atoms with Crippen LogP contribution in [0.3, 0.4) is 0 Å². The van der Waals surface area contributed by atoms with Crippen LogP contribution in [0, 0.1) is 0 Å². The van der Waals surface area contributed by atoms with Crippen molar-refractivity contribution < 1.29 is 29.0 Å². The summed E-state index contributed by atoms with van der Waals surface area (Å²) in [6.07, 6.45) is 0. The lowest BCUT2D eigenvalue weighted by Gasteiger charge is -2.49. The van der Waals surface area contributed by atoms with Crippen LogP contribution >= 0.6 is 43.6 Å². The topological polar surface area (TPSA) is 113 Å². The normalized spacial score (nSPS) is 24.4. The van der Waals surface area contributed by atoms with Gasteiger partial charge in [0.05, 0.1) is 5.33 Å². The van der Waals surface area contributed by atoms with Gasteiger partial charge in [-0.2, -0.15) is 0 Å². The van der Waals surface area contributed by atoms with Gasteiger partial charge < -0.3 is 15.2 Å². The number of aliphatic carboxylic acids is 1. The molecule has 2 aliphatic heterocycles. The average Bonchev–Trinajstić information content (AvgIpc) is 2.55. The minimum Gasteiger partial charge on any atom is -0.477 e. The number of ether oxygens (including phenoxy) is 1. The van der Waals surface area contributed by atoms with Gasteiger partial charge in [0.15, 0.2) is 0 Å². The number of halogens is 2. The van der Waals surface area contributed by atoms with Gasteiger partial charge in [-0.1, -0.05) is 43.6 Å². The molecule has 0 radical (unpaired) electrons. The van der Waals surface area contributed by atoms with E-state index in [-0.39, 0.29) is 29.1 Å². The number of β-lactam (4-membered cyclic amide) rings is 1. The molecule has 0 saturated carbocycles. The predicted molar refractivity (Wildman–Crippen MR) is 92.3 cm³/mol. The van der Waals surface area contributed by atoms with E-state index in [1.54, 1.807) is 0 Å². The maximum absolute atomic E-state index is 12.3. The van der Waals surface area contributed by atoms with Gasteiger partial charge in [0.1, 0.15) is 23.7 Å². The highest BCUT2D eigenvalue weighted by Crippen LogP contribution is 2.46. The molecule has 0 aromatic rings. The summed E-state index contributed by atoms with van der Waals surface area (Å²) in [6.45, 7) is 0.939.